The molecule has 0 N–H and O–H groups in total. The Hall–Kier alpha value is -1.10. The van der Waals surface area contributed by atoms with Gasteiger partial charge in [-0.1, -0.05) is 33.6 Å². The van der Waals surface area contributed by atoms with E-state index in [1.165, 1.54) is 12.8 Å². The molecule has 5 heteroatoms. The van der Waals surface area contributed by atoms with Crippen LogP contribution in [0.4, 0.5) is 0 Å². The molecule has 2 saturated carbocycles. The molecule has 0 radical (unpaired) electrons. The number of methoxy groups -OCH3 is 1. The van der Waals surface area contributed by atoms with Crippen molar-refractivity contribution in [2.45, 2.75) is 85.0 Å². The number of hydrogen-bond donors (Lipinski definition) is 0. The highest BCUT2D eigenvalue weighted by atomic mass is 16.6. The molecule has 0 amide bonds. The first-order valence-electron chi connectivity index (χ1n) is 11.7. The Labute approximate surface area is 177 Å². The van der Waals surface area contributed by atoms with E-state index < -0.39 is 5.41 Å². The van der Waals surface area contributed by atoms with Crippen molar-refractivity contribution in [2.24, 2.45) is 29.1 Å². The maximum Gasteiger partial charge on any atom is 0.308 e. The summed E-state index contributed by atoms with van der Waals surface area (Å²) in [7, 11) is 1.62. The molecule has 0 unspecified atom stereocenters. The monoisotopic (exact) mass is 410 g/mol. The zero-order valence-corrected chi connectivity index (χ0v) is 19.0. The van der Waals surface area contributed by atoms with Gasteiger partial charge in [0.05, 0.1) is 23.9 Å². The minimum absolute atomic E-state index is 0.0147. The number of hydrogen-bond acceptors (Lipinski definition) is 5. The average molecular weight is 411 g/mol. The van der Waals surface area contributed by atoms with Crippen molar-refractivity contribution < 1.29 is 23.8 Å². The topological polar surface area (TPSA) is 61.8 Å². The zero-order valence-electron chi connectivity index (χ0n) is 19.0. The molecule has 168 valence electrons. The van der Waals surface area contributed by atoms with Gasteiger partial charge in [-0.05, 0) is 63.2 Å². The van der Waals surface area contributed by atoms with E-state index in [1.54, 1.807) is 7.11 Å². The van der Waals surface area contributed by atoms with Crippen molar-refractivity contribution in [2.75, 3.05) is 26.9 Å². The lowest BCUT2D eigenvalue weighted by molar-refractivity contribution is -0.162. The average Bonchev–Trinajstić information content (AvgIpc) is 2.76. The second kappa shape index (κ2) is 11.9. The van der Waals surface area contributed by atoms with E-state index in [-0.39, 0.29) is 37.0 Å². The number of ether oxygens (including phenoxy) is 3. The molecule has 0 bridgehead atoms. The van der Waals surface area contributed by atoms with Crippen molar-refractivity contribution in [3.8, 4) is 0 Å². The molecule has 5 nitrogen and oxygen atoms in total. The van der Waals surface area contributed by atoms with Crippen LogP contribution in [0.3, 0.4) is 0 Å². The minimum atomic E-state index is -0.513. The van der Waals surface area contributed by atoms with Gasteiger partial charge in [-0.3, -0.25) is 9.59 Å². The van der Waals surface area contributed by atoms with Crippen LogP contribution >= 0.6 is 0 Å². The predicted octanol–water partition coefficient (Wildman–Crippen LogP) is 5.16. The molecule has 0 spiro atoms. The fourth-order valence-electron chi connectivity index (χ4n) is 4.81. The SMILES string of the molecule is CCC1CCC(C(=O)OCC(C)(COC)COC(=O)C2CCC(CC)CC2)CC1. The normalized spacial score (nSPS) is 29.7. The van der Waals surface area contributed by atoms with Crippen molar-refractivity contribution in [3.63, 3.8) is 0 Å². The highest BCUT2D eigenvalue weighted by Crippen LogP contribution is 2.33. The second-order valence-corrected chi connectivity index (χ2v) is 9.71. The smallest absolute Gasteiger partial charge is 0.308 e. The standard InChI is InChI=1S/C24H42O5/c1-5-18-7-11-20(12-8-18)22(25)28-16-24(3,15-27-4)17-29-23(26)21-13-9-19(6-2)10-14-21/h18-21H,5-17H2,1-4H3. The summed E-state index contributed by atoms with van der Waals surface area (Å²) in [5.74, 6) is 1.33. The molecule has 0 heterocycles. The fraction of sp³-hybridized carbons (Fsp3) is 0.917. The molecule has 0 aromatic carbocycles. The first kappa shape index (κ1) is 24.2. The summed E-state index contributed by atoms with van der Waals surface area (Å²) in [5.41, 5.74) is -0.513. The highest BCUT2D eigenvalue weighted by molar-refractivity contribution is 5.73. The molecule has 2 rings (SSSR count). The lowest BCUT2D eigenvalue weighted by atomic mass is 9.81. The van der Waals surface area contributed by atoms with Crippen LogP contribution in [0.1, 0.15) is 85.0 Å². The van der Waals surface area contributed by atoms with Gasteiger partial charge in [0.2, 0.25) is 0 Å². The Balaban J connectivity index is 1.77. The Morgan fingerprint density at radius 1 is 0.724 bits per heavy atom. The van der Waals surface area contributed by atoms with Gasteiger partial charge < -0.3 is 14.2 Å². The van der Waals surface area contributed by atoms with E-state index in [2.05, 4.69) is 13.8 Å². The summed E-state index contributed by atoms with van der Waals surface area (Å²) in [6, 6.07) is 0. The lowest BCUT2D eigenvalue weighted by Crippen LogP contribution is -2.38. The Bertz CT molecular complexity index is 461. The summed E-state index contributed by atoms with van der Waals surface area (Å²) in [6.07, 6.45) is 10.5. The molecule has 29 heavy (non-hydrogen) atoms. The van der Waals surface area contributed by atoms with E-state index in [1.807, 2.05) is 6.92 Å². The maximum atomic E-state index is 12.5. The molecule has 0 aromatic heterocycles. The largest absolute Gasteiger partial charge is 0.465 e. The van der Waals surface area contributed by atoms with Crippen LogP contribution in [-0.4, -0.2) is 38.9 Å². The first-order valence-corrected chi connectivity index (χ1v) is 11.7. The predicted molar refractivity (Wildman–Crippen MR) is 113 cm³/mol. The highest BCUT2D eigenvalue weighted by Gasteiger charge is 2.33. The number of rotatable bonds is 10. The molecular weight excluding hydrogens is 368 g/mol. The van der Waals surface area contributed by atoms with Gasteiger partial charge in [0, 0.05) is 7.11 Å². The third-order valence-corrected chi connectivity index (χ3v) is 7.13. The Morgan fingerprint density at radius 2 is 1.10 bits per heavy atom. The van der Waals surface area contributed by atoms with E-state index in [4.69, 9.17) is 14.2 Å². The third kappa shape index (κ3) is 7.58. The number of carbonyl (C=O) groups excluding carboxylic acids is 2. The fourth-order valence-corrected chi connectivity index (χ4v) is 4.81. The third-order valence-electron chi connectivity index (χ3n) is 7.13. The summed E-state index contributed by atoms with van der Waals surface area (Å²) in [5, 5.41) is 0. The van der Waals surface area contributed by atoms with Crippen LogP contribution in [0.15, 0.2) is 0 Å². The van der Waals surface area contributed by atoms with Gasteiger partial charge in [0.1, 0.15) is 13.2 Å². The van der Waals surface area contributed by atoms with Crippen LogP contribution < -0.4 is 0 Å². The van der Waals surface area contributed by atoms with E-state index >= 15 is 0 Å². The van der Waals surface area contributed by atoms with Gasteiger partial charge >= 0.3 is 11.9 Å². The van der Waals surface area contributed by atoms with Crippen molar-refractivity contribution in [1.29, 1.82) is 0 Å². The first-order chi connectivity index (χ1) is 13.9. The number of carbonyl (C=O) groups is 2. The van der Waals surface area contributed by atoms with Gasteiger partial charge in [-0.2, -0.15) is 0 Å². The van der Waals surface area contributed by atoms with Crippen molar-refractivity contribution in [3.05, 3.63) is 0 Å². The minimum Gasteiger partial charge on any atom is -0.465 e. The molecule has 0 saturated heterocycles. The van der Waals surface area contributed by atoms with E-state index in [9.17, 15) is 9.59 Å². The van der Waals surface area contributed by atoms with Gasteiger partial charge in [-0.15, -0.1) is 0 Å². The lowest BCUT2D eigenvalue weighted by Gasteiger charge is -2.31. The van der Waals surface area contributed by atoms with E-state index in [0.717, 1.165) is 63.2 Å². The summed E-state index contributed by atoms with van der Waals surface area (Å²) < 4.78 is 16.7. The summed E-state index contributed by atoms with van der Waals surface area (Å²) in [6.45, 7) is 7.23. The summed E-state index contributed by atoms with van der Waals surface area (Å²) in [4.78, 5) is 25.0. The van der Waals surface area contributed by atoms with Gasteiger partial charge in [0.15, 0.2) is 0 Å². The van der Waals surface area contributed by atoms with Crippen LogP contribution in [0.5, 0.6) is 0 Å². The summed E-state index contributed by atoms with van der Waals surface area (Å²) >= 11 is 0. The van der Waals surface area contributed by atoms with Gasteiger partial charge in [-0.25, -0.2) is 0 Å². The van der Waals surface area contributed by atoms with Crippen molar-refractivity contribution in [1.82, 2.24) is 0 Å². The maximum absolute atomic E-state index is 12.5. The molecule has 2 aliphatic carbocycles. The Kier molecular flexibility index (Phi) is 9.94. The molecule has 2 fully saturated rings. The molecule has 0 atom stereocenters. The van der Waals surface area contributed by atoms with Crippen LogP contribution in [0.2, 0.25) is 0 Å². The van der Waals surface area contributed by atoms with Crippen LogP contribution in [0, 0.1) is 29.1 Å². The number of esters is 2. The molecule has 0 aliphatic heterocycles. The zero-order chi connectivity index (χ0) is 21.3. The Morgan fingerprint density at radius 3 is 1.41 bits per heavy atom. The quantitative estimate of drug-likeness (QED) is 0.466. The molecule has 0 aromatic rings. The van der Waals surface area contributed by atoms with Crippen LogP contribution in [0.25, 0.3) is 0 Å². The second-order valence-electron chi connectivity index (χ2n) is 9.71. The van der Waals surface area contributed by atoms with Crippen LogP contribution in [-0.2, 0) is 23.8 Å². The van der Waals surface area contributed by atoms with Gasteiger partial charge in [0.25, 0.3) is 0 Å². The molecule has 2 aliphatic rings. The molecular formula is C24H42O5. The van der Waals surface area contributed by atoms with E-state index in [0.29, 0.717) is 6.61 Å². The van der Waals surface area contributed by atoms with Crippen molar-refractivity contribution >= 4 is 11.9 Å².